The van der Waals surface area contributed by atoms with Gasteiger partial charge in [0.2, 0.25) is 0 Å². The third-order valence-electron chi connectivity index (χ3n) is 5.07. The Bertz CT molecular complexity index is 1160. The summed E-state index contributed by atoms with van der Waals surface area (Å²) in [6.07, 6.45) is 5.37. The Kier molecular flexibility index (Phi) is 5.25. The Labute approximate surface area is 170 Å². The van der Waals surface area contributed by atoms with Crippen LogP contribution in [0.25, 0.3) is 22.5 Å². The van der Waals surface area contributed by atoms with Gasteiger partial charge in [-0.15, -0.1) is 0 Å². The molecular formula is C25H22N2O2. The summed E-state index contributed by atoms with van der Waals surface area (Å²) in [4.78, 5) is 13.4. The number of ether oxygens (including phenoxy) is 1. The maximum Gasteiger partial charge on any atom is 0.188 e. The molecule has 1 aromatic heterocycles. The van der Waals surface area contributed by atoms with Gasteiger partial charge in [0.05, 0.1) is 7.11 Å². The van der Waals surface area contributed by atoms with E-state index in [-0.39, 0.29) is 11.7 Å². The Morgan fingerprint density at radius 1 is 1.00 bits per heavy atom. The second kappa shape index (κ2) is 8.15. The lowest BCUT2D eigenvalue weighted by molar-refractivity contribution is -0.115. The molecule has 1 atom stereocenters. The molecule has 0 N–H and O–H groups in total. The van der Waals surface area contributed by atoms with Crippen LogP contribution in [0.2, 0.25) is 0 Å². The van der Waals surface area contributed by atoms with Crippen molar-refractivity contribution < 1.29 is 9.53 Å². The number of hydrogen-bond donors (Lipinski definition) is 0. The highest BCUT2D eigenvalue weighted by atomic mass is 16.5. The van der Waals surface area contributed by atoms with E-state index in [0.717, 1.165) is 27.6 Å². The highest BCUT2D eigenvalue weighted by molar-refractivity contribution is 6.22. The SMILES string of the molecule is COc1ccc2cc(C(C)C(=O)/C(=C/c3ccccc3)n3cccn3)ccc2c1. The van der Waals surface area contributed by atoms with Gasteiger partial charge < -0.3 is 4.74 Å². The smallest absolute Gasteiger partial charge is 0.188 e. The van der Waals surface area contributed by atoms with Crippen LogP contribution in [0.1, 0.15) is 24.0 Å². The lowest BCUT2D eigenvalue weighted by Crippen LogP contribution is -2.16. The van der Waals surface area contributed by atoms with Gasteiger partial charge in [-0.2, -0.15) is 5.10 Å². The number of carbonyl (C=O) groups is 1. The van der Waals surface area contributed by atoms with Crippen molar-refractivity contribution in [2.45, 2.75) is 12.8 Å². The molecule has 1 heterocycles. The van der Waals surface area contributed by atoms with Crippen molar-refractivity contribution in [1.82, 2.24) is 9.78 Å². The highest BCUT2D eigenvalue weighted by Gasteiger charge is 2.21. The molecule has 0 saturated carbocycles. The van der Waals surface area contributed by atoms with Crippen molar-refractivity contribution in [2.75, 3.05) is 7.11 Å². The minimum Gasteiger partial charge on any atom is -0.497 e. The zero-order chi connectivity index (χ0) is 20.2. The van der Waals surface area contributed by atoms with Gasteiger partial charge in [0.15, 0.2) is 5.78 Å². The molecule has 144 valence electrons. The number of rotatable bonds is 6. The minimum absolute atomic E-state index is 0.0189. The van der Waals surface area contributed by atoms with Gasteiger partial charge in [0, 0.05) is 18.3 Å². The fourth-order valence-corrected chi connectivity index (χ4v) is 3.38. The molecular weight excluding hydrogens is 360 g/mol. The molecule has 4 rings (SSSR count). The fraction of sp³-hybridized carbons (Fsp3) is 0.120. The summed E-state index contributed by atoms with van der Waals surface area (Å²) < 4.78 is 6.93. The van der Waals surface area contributed by atoms with E-state index in [1.165, 1.54) is 0 Å². The van der Waals surface area contributed by atoms with Crippen LogP contribution in [-0.4, -0.2) is 22.7 Å². The Morgan fingerprint density at radius 2 is 1.76 bits per heavy atom. The van der Waals surface area contributed by atoms with Crippen molar-refractivity contribution >= 4 is 28.3 Å². The molecule has 3 aromatic carbocycles. The van der Waals surface area contributed by atoms with Crippen LogP contribution in [0.5, 0.6) is 5.75 Å². The zero-order valence-electron chi connectivity index (χ0n) is 16.4. The van der Waals surface area contributed by atoms with Gasteiger partial charge in [-0.3, -0.25) is 4.79 Å². The highest BCUT2D eigenvalue weighted by Crippen LogP contribution is 2.28. The number of allylic oxidation sites excluding steroid dienone is 1. The van der Waals surface area contributed by atoms with Gasteiger partial charge in [0.25, 0.3) is 0 Å². The second-order valence-electron chi connectivity index (χ2n) is 6.95. The first-order valence-electron chi connectivity index (χ1n) is 9.54. The molecule has 0 aliphatic carbocycles. The molecule has 1 unspecified atom stereocenters. The molecule has 4 heteroatoms. The van der Waals surface area contributed by atoms with Crippen molar-refractivity contribution in [1.29, 1.82) is 0 Å². The predicted molar refractivity (Wildman–Crippen MR) is 117 cm³/mol. The lowest BCUT2D eigenvalue weighted by Gasteiger charge is -2.15. The van der Waals surface area contributed by atoms with Crippen molar-refractivity contribution in [2.24, 2.45) is 0 Å². The number of methoxy groups -OCH3 is 1. The normalized spacial score (nSPS) is 12.7. The number of fused-ring (bicyclic) bond motifs is 1. The zero-order valence-corrected chi connectivity index (χ0v) is 16.4. The van der Waals surface area contributed by atoms with E-state index in [9.17, 15) is 4.79 Å². The first-order valence-corrected chi connectivity index (χ1v) is 9.54. The quantitative estimate of drug-likeness (QED) is 0.419. The van der Waals surface area contributed by atoms with E-state index in [2.05, 4.69) is 11.2 Å². The summed E-state index contributed by atoms with van der Waals surface area (Å²) in [5.41, 5.74) is 2.48. The van der Waals surface area contributed by atoms with E-state index >= 15 is 0 Å². The fourth-order valence-electron chi connectivity index (χ4n) is 3.38. The molecule has 4 nitrogen and oxygen atoms in total. The van der Waals surface area contributed by atoms with Crippen LogP contribution in [-0.2, 0) is 4.79 Å². The lowest BCUT2D eigenvalue weighted by atomic mass is 9.92. The third-order valence-corrected chi connectivity index (χ3v) is 5.07. The monoisotopic (exact) mass is 382 g/mol. The number of carbonyl (C=O) groups excluding carboxylic acids is 1. The molecule has 0 aliphatic rings. The van der Waals surface area contributed by atoms with Crippen LogP contribution in [0, 0.1) is 0 Å². The molecule has 29 heavy (non-hydrogen) atoms. The van der Waals surface area contributed by atoms with Crippen LogP contribution in [0.4, 0.5) is 0 Å². The van der Waals surface area contributed by atoms with Crippen molar-refractivity contribution in [3.63, 3.8) is 0 Å². The summed E-state index contributed by atoms with van der Waals surface area (Å²) in [6, 6.07) is 23.7. The number of hydrogen-bond acceptors (Lipinski definition) is 3. The summed E-state index contributed by atoms with van der Waals surface area (Å²) >= 11 is 0. The molecule has 0 radical (unpaired) electrons. The summed E-state index contributed by atoms with van der Waals surface area (Å²) in [6.45, 7) is 1.94. The first kappa shape index (κ1) is 18.7. The topological polar surface area (TPSA) is 44.1 Å². The van der Waals surface area contributed by atoms with E-state index in [1.54, 1.807) is 24.2 Å². The van der Waals surface area contributed by atoms with Crippen molar-refractivity contribution in [3.05, 3.63) is 96.3 Å². The van der Waals surface area contributed by atoms with Crippen LogP contribution in [0.15, 0.2) is 85.2 Å². The number of ketones is 1. The summed E-state index contributed by atoms with van der Waals surface area (Å²) in [5, 5.41) is 6.46. The van der Waals surface area contributed by atoms with E-state index < -0.39 is 0 Å². The van der Waals surface area contributed by atoms with E-state index in [4.69, 9.17) is 4.74 Å². The summed E-state index contributed by atoms with van der Waals surface area (Å²) in [5.74, 6) is 0.534. The second-order valence-corrected chi connectivity index (χ2v) is 6.95. The molecule has 4 aromatic rings. The molecule has 0 bridgehead atoms. The van der Waals surface area contributed by atoms with Crippen LogP contribution >= 0.6 is 0 Å². The molecule has 0 amide bonds. The minimum atomic E-state index is -0.305. The summed E-state index contributed by atoms with van der Waals surface area (Å²) in [7, 11) is 1.66. The van der Waals surface area contributed by atoms with E-state index in [1.807, 2.05) is 79.7 Å². The first-order chi connectivity index (χ1) is 14.2. The maximum atomic E-state index is 13.4. The van der Waals surface area contributed by atoms with Gasteiger partial charge in [0.1, 0.15) is 11.4 Å². The van der Waals surface area contributed by atoms with E-state index in [0.29, 0.717) is 5.70 Å². The number of Topliss-reactive ketones (excluding diaryl/α,β-unsaturated/α-hetero) is 1. The Balaban J connectivity index is 1.70. The average Bonchev–Trinajstić information content (AvgIpc) is 3.31. The molecule has 0 aliphatic heterocycles. The van der Waals surface area contributed by atoms with Gasteiger partial charge in [-0.05, 0) is 46.2 Å². The largest absolute Gasteiger partial charge is 0.497 e. The molecule has 0 fully saturated rings. The third kappa shape index (κ3) is 3.97. The maximum absolute atomic E-state index is 13.4. The molecule has 0 saturated heterocycles. The standard InChI is InChI=1S/C25H22N2O2/c1-18(20-9-10-22-17-23(29-2)12-11-21(22)16-20)25(28)24(27-14-6-13-26-27)15-19-7-4-3-5-8-19/h3-18H,1-2H3/b24-15-. The van der Waals surface area contributed by atoms with Crippen LogP contribution in [0.3, 0.4) is 0 Å². The number of aromatic nitrogens is 2. The predicted octanol–water partition coefficient (Wildman–Crippen LogP) is 5.42. The number of benzene rings is 3. The average molecular weight is 382 g/mol. The van der Waals surface area contributed by atoms with Crippen LogP contribution < -0.4 is 4.74 Å². The van der Waals surface area contributed by atoms with Gasteiger partial charge >= 0.3 is 0 Å². The van der Waals surface area contributed by atoms with Gasteiger partial charge in [-0.1, -0.05) is 61.5 Å². The number of nitrogens with zero attached hydrogens (tertiary/aromatic N) is 2. The molecule has 0 spiro atoms. The Morgan fingerprint density at radius 3 is 2.48 bits per heavy atom. The Hall–Kier alpha value is -3.66. The van der Waals surface area contributed by atoms with Gasteiger partial charge in [-0.25, -0.2) is 4.68 Å². The van der Waals surface area contributed by atoms with Crippen molar-refractivity contribution in [3.8, 4) is 5.75 Å².